The molecule has 1 aliphatic heterocycles. The Morgan fingerprint density at radius 1 is 0.867 bits per heavy atom. The smallest absolute Gasteiger partial charge is 0.280 e. The summed E-state index contributed by atoms with van der Waals surface area (Å²) >= 11 is 0. The second kappa shape index (κ2) is 2.78. The lowest BCUT2D eigenvalue weighted by molar-refractivity contribution is -0.212. The van der Waals surface area contributed by atoms with E-state index in [-0.39, 0.29) is 0 Å². The van der Waals surface area contributed by atoms with Gasteiger partial charge in [-0.2, -0.15) is 0 Å². The van der Waals surface area contributed by atoms with Crippen LogP contribution in [0.2, 0.25) is 0 Å². The van der Waals surface area contributed by atoms with Crippen molar-refractivity contribution in [2.45, 2.75) is 0 Å². The topological polar surface area (TPSA) is 52.5 Å². The summed E-state index contributed by atoms with van der Waals surface area (Å²) in [5.74, 6) is -10.9. The van der Waals surface area contributed by atoms with E-state index in [2.05, 4.69) is 4.99 Å². The van der Waals surface area contributed by atoms with Gasteiger partial charge in [0.25, 0.3) is 5.91 Å². The third-order valence-electron chi connectivity index (χ3n) is 1.90. The van der Waals surface area contributed by atoms with Gasteiger partial charge < -0.3 is 5.11 Å². The maximum atomic E-state index is 13.0. The average molecular weight is 218 g/mol. The minimum Gasteiger partial charge on any atom is -0.858 e. The van der Waals surface area contributed by atoms with Gasteiger partial charge in [0.2, 0.25) is 0 Å². The van der Waals surface area contributed by atoms with Crippen LogP contribution in [0.1, 0.15) is 15.9 Å². The molecule has 0 saturated carbocycles. The van der Waals surface area contributed by atoms with Crippen LogP contribution in [0.3, 0.4) is 0 Å². The molecule has 0 aromatic heterocycles. The second-order valence-electron chi connectivity index (χ2n) is 2.73. The number of amides is 1. The highest BCUT2D eigenvalue weighted by Crippen LogP contribution is 2.27. The molecule has 1 aromatic carbocycles. The zero-order valence-corrected chi connectivity index (χ0v) is 6.78. The summed E-state index contributed by atoms with van der Waals surface area (Å²) in [5.41, 5.74) is -2.31. The fraction of sp³-hybridized carbons (Fsp3) is 0. The molecule has 0 radical (unpaired) electrons. The van der Waals surface area contributed by atoms with E-state index >= 15 is 0 Å². The van der Waals surface area contributed by atoms with Gasteiger partial charge in [0.1, 0.15) is 0 Å². The number of nitrogens with zero attached hydrogens (tertiary/aromatic N) is 1. The molecule has 0 fully saturated rings. The van der Waals surface area contributed by atoms with E-state index in [4.69, 9.17) is 0 Å². The molecule has 7 heteroatoms. The predicted molar refractivity (Wildman–Crippen MR) is 37.1 cm³/mol. The Bertz CT molecular complexity index is 524. The van der Waals surface area contributed by atoms with Crippen LogP contribution in [0, 0.1) is 23.3 Å². The Balaban J connectivity index is 2.92. The van der Waals surface area contributed by atoms with Gasteiger partial charge in [0.05, 0.1) is 5.56 Å². The van der Waals surface area contributed by atoms with Crippen molar-refractivity contribution in [3.8, 4) is 0 Å². The first kappa shape index (κ1) is 9.63. The fourth-order valence-electron chi connectivity index (χ4n) is 1.24. The standard InChI is InChI=1S/C8HF4NO2/c9-3-1-2(8(15)13-7(1)14)4(10)6(12)5(3)11/h(H,13,14,15)/p-1. The normalized spacial score (nSPS) is 14.1. The van der Waals surface area contributed by atoms with Gasteiger partial charge in [-0.3, -0.25) is 4.79 Å². The summed E-state index contributed by atoms with van der Waals surface area (Å²) in [4.78, 5) is 13.5. The lowest BCUT2D eigenvalue weighted by atomic mass is 10.1. The predicted octanol–water partition coefficient (Wildman–Crippen LogP) is 0.504. The minimum atomic E-state index is -2.13. The van der Waals surface area contributed by atoms with Crippen molar-refractivity contribution in [2.75, 3.05) is 0 Å². The minimum absolute atomic E-state index is 1.16. The van der Waals surface area contributed by atoms with Crippen molar-refractivity contribution in [1.29, 1.82) is 0 Å². The molecule has 78 valence electrons. The molecule has 0 bridgehead atoms. The van der Waals surface area contributed by atoms with Gasteiger partial charge in [-0.05, 0) is 0 Å². The van der Waals surface area contributed by atoms with Gasteiger partial charge in [-0.25, -0.2) is 22.6 Å². The molecule has 1 aromatic rings. The highest BCUT2D eigenvalue weighted by Gasteiger charge is 2.32. The quantitative estimate of drug-likeness (QED) is 0.361. The lowest BCUT2D eigenvalue weighted by Gasteiger charge is -2.08. The van der Waals surface area contributed by atoms with E-state index in [1.54, 1.807) is 0 Å². The third kappa shape index (κ3) is 1.06. The second-order valence-corrected chi connectivity index (χ2v) is 2.73. The zero-order valence-electron chi connectivity index (χ0n) is 6.78. The number of fused-ring (bicyclic) bond motifs is 1. The molecular formula is C8F4NO2-. The van der Waals surface area contributed by atoms with Crippen molar-refractivity contribution < 1.29 is 27.5 Å². The van der Waals surface area contributed by atoms with E-state index in [9.17, 15) is 27.5 Å². The molecule has 3 nitrogen and oxygen atoms in total. The van der Waals surface area contributed by atoms with Crippen molar-refractivity contribution in [1.82, 2.24) is 0 Å². The third-order valence-corrected chi connectivity index (χ3v) is 1.90. The molecule has 0 spiro atoms. The Kier molecular flexibility index (Phi) is 1.79. The van der Waals surface area contributed by atoms with Gasteiger partial charge in [0, 0.05) is 11.5 Å². The average Bonchev–Trinajstić information content (AvgIpc) is 2.47. The highest BCUT2D eigenvalue weighted by molar-refractivity contribution is 6.17. The lowest BCUT2D eigenvalue weighted by Crippen LogP contribution is -2.20. The molecule has 0 atom stereocenters. The number of carbonyl (C=O) groups is 1. The van der Waals surface area contributed by atoms with E-state index in [1.807, 2.05) is 0 Å². The van der Waals surface area contributed by atoms with Crippen molar-refractivity contribution in [3.63, 3.8) is 0 Å². The van der Waals surface area contributed by atoms with Crippen molar-refractivity contribution in [2.24, 2.45) is 4.99 Å². The van der Waals surface area contributed by atoms with Gasteiger partial charge >= 0.3 is 0 Å². The molecule has 0 saturated heterocycles. The summed E-state index contributed by atoms with van der Waals surface area (Å²) in [6.07, 6.45) is 0. The number of hydrogen-bond acceptors (Lipinski definition) is 2. The van der Waals surface area contributed by atoms with Crippen LogP contribution in [0.5, 0.6) is 0 Å². The zero-order chi connectivity index (χ0) is 11.3. The maximum absolute atomic E-state index is 13.0. The number of aliphatic imine (C=N–C) groups is 1. The SMILES string of the molecule is O=C1N=C([O-])c2c(F)c(F)c(F)c(F)c21. The van der Waals surface area contributed by atoms with E-state index < -0.39 is 46.2 Å². The molecule has 0 N–H and O–H groups in total. The van der Waals surface area contributed by atoms with Crippen molar-refractivity contribution in [3.05, 3.63) is 34.4 Å². The Morgan fingerprint density at radius 2 is 1.33 bits per heavy atom. The largest absolute Gasteiger partial charge is 0.858 e. The summed E-state index contributed by atoms with van der Waals surface area (Å²) < 4.78 is 51.2. The van der Waals surface area contributed by atoms with E-state index in [1.165, 1.54) is 0 Å². The summed E-state index contributed by atoms with van der Waals surface area (Å²) in [6.45, 7) is 0. The van der Waals surface area contributed by atoms with Crippen LogP contribution in [0.25, 0.3) is 0 Å². The molecule has 2 rings (SSSR count). The van der Waals surface area contributed by atoms with E-state index in [0.29, 0.717) is 0 Å². The molecule has 1 aliphatic rings. The summed E-state index contributed by atoms with van der Waals surface area (Å²) in [7, 11) is 0. The first-order chi connectivity index (χ1) is 6.95. The molecular weight excluding hydrogens is 218 g/mol. The summed E-state index contributed by atoms with van der Waals surface area (Å²) in [6, 6.07) is 0. The van der Waals surface area contributed by atoms with Gasteiger partial charge in [-0.15, -0.1) is 0 Å². The Morgan fingerprint density at radius 3 is 1.87 bits per heavy atom. The maximum Gasteiger partial charge on any atom is 0.280 e. The van der Waals surface area contributed by atoms with Crippen LogP contribution in [-0.2, 0) is 0 Å². The first-order valence-corrected chi connectivity index (χ1v) is 3.61. The fourth-order valence-corrected chi connectivity index (χ4v) is 1.24. The Labute approximate surface area is 79.7 Å². The summed E-state index contributed by atoms with van der Waals surface area (Å²) in [5, 5.41) is 10.8. The van der Waals surface area contributed by atoms with Crippen LogP contribution >= 0.6 is 0 Å². The van der Waals surface area contributed by atoms with Crippen LogP contribution in [-0.4, -0.2) is 11.8 Å². The van der Waals surface area contributed by atoms with Gasteiger partial charge in [-0.1, -0.05) is 0 Å². The first-order valence-electron chi connectivity index (χ1n) is 3.61. The van der Waals surface area contributed by atoms with Gasteiger partial charge in [0.15, 0.2) is 23.3 Å². The number of rotatable bonds is 0. The molecule has 0 aliphatic carbocycles. The molecule has 1 amide bonds. The number of carbonyl (C=O) groups excluding carboxylic acids is 1. The number of hydrogen-bond donors (Lipinski definition) is 0. The van der Waals surface area contributed by atoms with Crippen LogP contribution in [0.4, 0.5) is 17.6 Å². The monoisotopic (exact) mass is 218 g/mol. The number of benzene rings is 1. The van der Waals surface area contributed by atoms with E-state index in [0.717, 1.165) is 0 Å². The van der Waals surface area contributed by atoms with Crippen LogP contribution in [0.15, 0.2) is 4.99 Å². The molecule has 1 heterocycles. The molecule has 15 heavy (non-hydrogen) atoms. The highest BCUT2D eigenvalue weighted by atomic mass is 19.2. The molecule has 0 unspecified atom stereocenters. The van der Waals surface area contributed by atoms with Crippen molar-refractivity contribution >= 4 is 11.8 Å². The Hall–Kier alpha value is -1.92. The van der Waals surface area contributed by atoms with Crippen LogP contribution < -0.4 is 5.11 Å². The number of halogens is 4.